The number of likely N-dealkylation sites (N-methyl/N-ethyl adjacent to an activating group) is 1. The van der Waals surface area contributed by atoms with Gasteiger partial charge in [0.2, 0.25) is 5.91 Å². The monoisotopic (exact) mass is 276 g/mol. The van der Waals surface area contributed by atoms with Gasteiger partial charge in [-0.05, 0) is 30.5 Å². The summed E-state index contributed by atoms with van der Waals surface area (Å²) in [6.07, 6.45) is 4.89. The average molecular weight is 276 g/mol. The fourth-order valence-corrected chi connectivity index (χ4v) is 2.89. The van der Waals surface area contributed by atoms with Gasteiger partial charge in [-0.25, -0.2) is 0 Å². The van der Waals surface area contributed by atoms with Crippen molar-refractivity contribution in [1.82, 2.24) is 4.90 Å². The molecule has 0 unspecified atom stereocenters. The van der Waals surface area contributed by atoms with Gasteiger partial charge >= 0.3 is 0 Å². The van der Waals surface area contributed by atoms with E-state index in [0.29, 0.717) is 6.54 Å². The van der Waals surface area contributed by atoms with Crippen LogP contribution in [0.25, 0.3) is 0 Å². The predicted octanol–water partition coefficient (Wildman–Crippen LogP) is 2.32. The highest BCUT2D eigenvalue weighted by atomic mass is 16.5. The summed E-state index contributed by atoms with van der Waals surface area (Å²) in [4.78, 5) is 14.3. The van der Waals surface area contributed by atoms with Crippen LogP contribution in [0, 0.1) is 0 Å². The van der Waals surface area contributed by atoms with Crippen LogP contribution in [0.15, 0.2) is 24.3 Å². The van der Waals surface area contributed by atoms with E-state index in [9.17, 15) is 4.79 Å². The maximum atomic E-state index is 12.5. The number of rotatable bonds is 4. The summed E-state index contributed by atoms with van der Waals surface area (Å²) >= 11 is 0. The molecule has 0 atom stereocenters. The summed E-state index contributed by atoms with van der Waals surface area (Å²) in [5.41, 5.74) is 6.69. The Morgan fingerprint density at radius 3 is 2.70 bits per heavy atom. The molecule has 0 bridgehead atoms. The lowest BCUT2D eigenvalue weighted by molar-refractivity contribution is -0.137. The zero-order valence-corrected chi connectivity index (χ0v) is 12.4. The number of carbonyl (C=O) groups excluding carboxylic acids is 1. The van der Waals surface area contributed by atoms with Crippen LogP contribution >= 0.6 is 0 Å². The molecule has 1 saturated carbocycles. The van der Waals surface area contributed by atoms with Gasteiger partial charge in [0.25, 0.3) is 0 Å². The standard InChI is InChI=1S/C16H24N2O2/c1-18(12-13-7-6-8-14(11-13)20-2)15(19)16(17)9-4-3-5-10-16/h6-8,11H,3-5,9-10,12,17H2,1-2H3. The Kier molecular flexibility index (Phi) is 4.65. The normalized spacial score (nSPS) is 17.6. The molecule has 0 spiro atoms. The molecule has 1 aromatic rings. The highest BCUT2D eigenvalue weighted by molar-refractivity contribution is 5.86. The molecule has 4 heteroatoms. The number of nitrogens with zero attached hydrogens (tertiary/aromatic N) is 1. The van der Waals surface area contributed by atoms with Crippen molar-refractivity contribution in [3.8, 4) is 5.75 Å². The lowest BCUT2D eigenvalue weighted by atomic mass is 9.81. The number of nitrogens with two attached hydrogens (primary N) is 1. The quantitative estimate of drug-likeness (QED) is 0.918. The molecule has 1 aliphatic carbocycles. The first kappa shape index (κ1) is 14.9. The summed E-state index contributed by atoms with van der Waals surface area (Å²) < 4.78 is 5.20. The summed E-state index contributed by atoms with van der Waals surface area (Å²) in [7, 11) is 3.47. The van der Waals surface area contributed by atoms with Crippen molar-refractivity contribution in [2.24, 2.45) is 5.73 Å². The van der Waals surface area contributed by atoms with Crippen LogP contribution in [0.3, 0.4) is 0 Å². The number of methoxy groups -OCH3 is 1. The third kappa shape index (κ3) is 3.31. The number of amides is 1. The molecule has 0 aliphatic heterocycles. The molecule has 0 heterocycles. The first-order chi connectivity index (χ1) is 9.55. The minimum atomic E-state index is -0.661. The Morgan fingerprint density at radius 1 is 1.35 bits per heavy atom. The van der Waals surface area contributed by atoms with Gasteiger partial charge in [0, 0.05) is 13.6 Å². The van der Waals surface area contributed by atoms with Crippen LogP contribution in [0.5, 0.6) is 5.75 Å². The SMILES string of the molecule is COc1cccc(CN(C)C(=O)C2(N)CCCCC2)c1. The molecule has 20 heavy (non-hydrogen) atoms. The first-order valence-corrected chi connectivity index (χ1v) is 7.22. The Bertz CT molecular complexity index is 467. The molecule has 4 nitrogen and oxygen atoms in total. The van der Waals surface area contributed by atoms with E-state index in [4.69, 9.17) is 10.5 Å². The Labute approximate surface area is 120 Å². The smallest absolute Gasteiger partial charge is 0.242 e. The van der Waals surface area contributed by atoms with Crippen molar-refractivity contribution in [3.63, 3.8) is 0 Å². The van der Waals surface area contributed by atoms with E-state index in [0.717, 1.165) is 37.0 Å². The second kappa shape index (κ2) is 6.27. The van der Waals surface area contributed by atoms with Crippen LogP contribution in [0.4, 0.5) is 0 Å². The number of hydrogen-bond donors (Lipinski definition) is 1. The van der Waals surface area contributed by atoms with E-state index in [1.165, 1.54) is 6.42 Å². The lowest BCUT2D eigenvalue weighted by Crippen LogP contribution is -2.55. The van der Waals surface area contributed by atoms with Gasteiger partial charge in [-0.15, -0.1) is 0 Å². The number of hydrogen-bond acceptors (Lipinski definition) is 3. The van der Waals surface area contributed by atoms with Crippen molar-refractivity contribution in [3.05, 3.63) is 29.8 Å². The van der Waals surface area contributed by atoms with Crippen LogP contribution < -0.4 is 10.5 Å². The van der Waals surface area contributed by atoms with Crippen molar-refractivity contribution in [2.45, 2.75) is 44.2 Å². The molecule has 1 aliphatic rings. The maximum absolute atomic E-state index is 12.5. The number of carbonyl (C=O) groups is 1. The molecule has 1 aromatic carbocycles. The second-order valence-corrected chi connectivity index (χ2v) is 5.73. The molecule has 1 fully saturated rings. The van der Waals surface area contributed by atoms with E-state index in [1.54, 1.807) is 12.0 Å². The lowest BCUT2D eigenvalue weighted by Gasteiger charge is -2.35. The molecule has 2 N–H and O–H groups in total. The Hall–Kier alpha value is -1.55. The van der Waals surface area contributed by atoms with Crippen LogP contribution in [0.2, 0.25) is 0 Å². The molecule has 0 aromatic heterocycles. The third-order valence-corrected chi connectivity index (χ3v) is 4.07. The van der Waals surface area contributed by atoms with E-state index in [2.05, 4.69) is 0 Å². The van der Waals surface area contributed by atoms with E-state index < -0.39 is 5.54 Å². The molecular weight excluding hydrogens is 252 g/mol. The van der Waals surface area contributed by atoms with Gasteiger partial charge in [-0.1, -0.05) is 31.4 Å². The molecule has 110 valence electrons. The van der Waals surface area contributed by atoms with Crippen LogP contribution in [-0.2, 0) is 11.3 Å². The van der Waals surface area contributed by atoms with Crippen LogP contribution in [0.1, 0.15) is 37.7 Å². The van der Waals surface area contributed by atoms with Gasteiger partial charge in [-0.3, -0.25) is 4.79 Å². The number of benzene rings is 1. The average Bonchev–Trinajstić information content (AvgIpc) is 2.47. The highest BCUT2D eigenvalue weighted by Gasteiger charge is 2.37. The van der Waals surface area contributed by atoms with Crippen molar-refractivity contribution >= 4 is 5.91 Å². The minimum Gasteiger partial charge on any atom is -0.497 e. The zero-order valence-electron chi connectivity index (χ0n) is 12.4. The number of ether oxygens (including phenoxy) is 1. The van der Waals surface area contributed by atoms with Gasteiger partial charge in [-0.2, -0.15) is 0 Å². The van der Waals surface area contributed by atoms with Crippen molar-refractivity contribution in [2.75, 3.05) is 14.2 Å². The van der Waals surface area contributed by atoms with Crippen molar-refractivity contribution in [1.29, 1.82) is 0 Å². The highest BCUT2D eigenvalue weighted by Crippen LogP contribution is 2.28. The van der Waals surface area contributed by atoms with E-state index in [-0.39, 0.29) is 5.91 Å². The Morgan fingerprint density at radius 2 is 2.05 bits per heavy atom. The molecule has 0 radical (unpaired) electrons. The predicted molar refractivity (Wildman–Crippen MR) is 79.5 cm³/mol. The first-order valence-electron chi connectivity index (χ1n) is 7.22. The summed E-state index contributed by atoms with van der Waals surface area (Å²) in [5, 5.41) is 0. The summed E-state index contributed by atoms with van der Waals surface area (Å²) in [6, 6.07) is 7.78. The van der Waals surface area contributed by atoms with Gasteiger partial charge in [0.05, 0.1) is 12.6 Å². The Balaban J connectivity index is 2.03. The molecular formula is C16H24N2O2. The van der Waals surface area contributed by atoms with Crippen molar-refractivity contribution < 1.29 is 9.53 Å². The zero-order chi connectivity index (χ0) is 14.6. The van der Waals surface area contributed by atoms with Gasteiger partial charge < -0.3 is 15.4 Å². The van der Waals surface area contributed by atoms with Gasteiger partial charge in [0.15, 0.2) is 0 Å². The molecule has 2 rings (SSSR count). The topological polar surface area (TPSA) is 55.6 Å². The van der Waals surface area contributed by atoms with Crippen LogP contribution in [-0.4, -0.2) is 30.5 Å². The van der Waals surface area contributed by atoms with E-state index in [1.807, 2.05) is 31.3 Å². The maximum Gasteiger partial charge on any atom is 0.242 e. The van der Waals surface area contributed by atoms with Gasteiger partial charge in [0.1, 0.15) is 5.75 Å². The fourth-order valence-electron chi connectivity index (χ4n) is 2.89. The minimum absolute atomic E-state index is 0.0556. The summed E-state index contributed by atoms with van der Waals surface area (Å²) in [5.74, 6) is 0.864. The second-order valence-electron chi connectivity index (χ2n) is 5.73. The third-order valence-electron chi connectivity index (χ3n) is 4.07. The summed E-state index contributed by atoms with van der Waals surface area (Å²) in [6.45, 7) is 0.564. The molecule has 0 saturated heterocycles. The van der Waals surface area contributed by atoms with E-state index >= 15 is 0 Å². The fraction of sp³-hybridized carbons (Fsp3) is 0.562. The molecule has 1 amide bonds. The largest absolute Gasteiger partial charge is 0.497 e.